The maximum atomic E-state index is 12.3. The van der Waals surface area contributed by atoms with Crippen molar-refractivity contribution in [1.82, 2.24) is 10.6 Å². The molecule has 0 spiro atoms. The predicted octanol–water partition coefficient (Wildman–Crippen LogP) is -0.355. The second-order valence-corrected chi connectivity index (χ2v) is 4.91. The highest BCUT2D eigenvalue weighted by molar-refractivity contribution is 6.07. The average molecular weight is 317 g/mol. The largest absolute Gasteiger partial charge is 0.378 e. The zero-order valence-electron chi connectivity index (χ0n) is 12.1. The van der Waals surface area contributed by atoms with Crippen LogP contribution in [0.2, 0.25) is 0 Å². The Balaban J connectivity index is 2.18. The maximum Gasteiger partial charge on any atom is 0.252 e. The summed E-state index contributed by atoms with van der Waals surface area (Å²) >= 11 is 0. The Morgan fingerprint density at radius 1 is 1.30 bits per heavy atom. The van der Waals surface area contributed by atoms with Gasteiger partial charge in [-0.3, -0.25) is 24.5 Å². The van der Waals surface area contributed by atoms with Crippen LogP contribution in [0.4, 0.5) is 5.69 Å². The van der Waals surface area contributed by atoms with Crippen LogP contribution >= 0.6 is 0 Å². The Morgan fingerprint density at radius 3 is 2.74 bits per heavy atom. The van der Waals surface area contributed by atoms with Crippen molar-refractivity contribution < 1.29 is 24.0 Å². The van der Waals surface area contributed by atoms with E-state index in [9.17, 15) is 24.0 Å². The Hall–Kier alpha value is -3.03. The molecule has 1 aromatic carbocycles. The van der Waals surface area contributed by atoms with Gasteiger partial charge in [-0.15, -0.1) is 0 Å². The summed E-state index contributed by atoms with van der Waals surface area (Å²) in [6.07, 6.45) is 1.48. The monoisotopic (exact) mass is 317 g/mol. The van der Waals surface area contributed by atoms with Gasteiger partial charge in [-0.25, -0.2) is 0 Å². The molecular formula is C15H15N3O5. The van der Waals surface area contributed by atoms with Crippen molar-refractivity contribution in [3.63, 3.8) is 0 Å². The minimum Gasteiger partial charge on any atom is -0.378 e. The number of amides is 3. The van der Waals surface area contributed by atoms with Crippen LogP contribution in [0, 0.1) is 0 Å². The van der Waals surface area contributed by atoms with Crippen LogP contribution < -0.4 is 16.0 Å². The van der Waals surface area contributed by atoms with Crippen molar-refractivity contribution in [2.45, 2.75) is 18.9 Å². The topological polar surface area (TPSA) is 121 Å². The van der Waals surface area contributed by atoms with Crippen LogP contribution in [-0.2, 0) is 14.4 Å². The van der Waals surface area contributed by atoms with E-state index in [0.29, 0.717) is 18.3 Å². The van der Waals surface area contributed by atoms with E-state index < -0.39 is 17.9 Å². The van der Waals surface area contributed by atoms with Crippen LogP contribution in [-0.4, -0.2) is 42.9 Å². The first-order valence-electron chi connectivity index (χ1n) is 6.97. The molecule has 0 radical (unpaired) electrons. The lowest BCUT2D eigenvalue weighted by molar-refractivity contribution is -0.134. The standard InChI is InChI=1S/C15H15N3O5/c19-7-6-16-11-3-1-2-9(10(11)8-20)14(22)17-12-4-5-13(21)18-15(12)23/h1-3,7-8,12,16H,4-6H2,(H,17,22)(H,18,21,23). The molecule has 0 aliphatic carbocycles. The SMILES string of the molecule is O=CCNc1cccc(C(=O)NC2CCC(=O)NC2=O)c1C=O. The fourth-order valence-electron chi connectivity index (χ4n) is 2.26. The molecule has 0 saturated carbocycles. The number of benzene rings is 1. The first-order chi connectivity index (χ1) is 11.1. The Morgan fingerprint density at radius 2 is 2.09 bits per heavy atom. The van der Waals surface area contributed by atoms with Crippen molar-refractivity contribution in [2.24, 2.45) is 0 Å². The van der Waals surface area contributed by atoms with E-state index in [1.165, 1.54) is 6.07 Å². The van der Waals surface area contributed by atoms with E-state index in [1.54, 1.807) is 12.1 Å². The van der Waals surface area contributed by atoms with Gasteiger partial charge in [0.1, 0.15) is 12.3 Å². The van der Waals surface area contributed by atoms with Gasteiger partial charge in [-0.05, 0) is 18.6 Å². The molecule has 0 aromatic heterocycles. The van der Waals surface area contributed by atoms with Gasteiger partial charge in [0.25, 0.3) is 5.91 Å². The number of anilines is 1. The van der Waals surface area contributed by atoms with Crippen LogP contribution in [0.1, 0.15) is 33.6 Å². The van der Waals surface area contributed by atoms with Crippen LogP contribution in [0.5, 0.6) is 0 Å². The van der Waals surface area contributed by atoms with Gasteiger partial charge < -0.3 is 15.4 Å². The molecule has 1 heterocycles. The minimum absolute atomic E-state index is 0.000938. The Labute approximate surface area is 131 Å². The molecule has 1 saturated heterocycles. The average Bonchev–Trinajstić information content (AvgIpc) is 2.54. The van der Waals surface area contributed by atoms with Crippen molar-refractivity contribution >= 4 is 36.0 Å². The van der Waals surface area contributed by atoms with Gasteiger partial charge in [0.2, 0.25) is 11.8 Å². The van der Waals surface area contributed by atoms with Crippen LogP contribution in [0.15, 0.2) is 18.2 Å². The van der Waals surface area contributed by atoms with Crippen molar-refractivity contribution in [2.75, 3.05) is 11.9 Å². The highest BCUT2D eigenvalue weighted by Crippen LogP contribution is 2.18. The summed E-state index contributed by atoms with van der Waals surface area (Å²) in [6.45, 7) is -0.000938. The first kappa shape index (κ1) is 16.3. The van der Waals surface area contributed by atoms with Crippen molar-refractivity contribution in [3.8, 4) is 0 Å². The molecule has 23 heavy (non-hydrogen) atoms. The van der Waals surface area contributed by atoms with Crippen LogP contribution in [0.25, 0.3) is 0 Å². The number of imide groups is 1. The molecule has 0 bridgehead atoms. The fourth-order valence-corrected chi connectivity index (χ4v) is 2.26. The molecule has 120 valence electrons. The maximum absolute atomic E-state index is 12.3. The normalized spacial score (nSPS) is 17.1. The third kappa shape index (κ3) is 3.79. The lowest BCUT2D eigenvalue weighted by atomic mass is 10.0. The highest BCUT2D eigenvalue weighted by Gasteiger charge is 2.28. The summed E-state index contributed by atoms with van der Waals surface area (Å²) in [6, 6.07) is 3.73. The van der Waals surface area contributed by atoms with Gasteiger partial charge in [-0.2, -0.15) is 0 Å². The third-order valence-corrected chi connectivity index (χ3v) is 3.39. The van der Waals surface area contributed by atoms with Crippen molar-refractivity contribution in [1.29, 1.82) is 0 Å². The van der Waals surface area contributed by atoms with E-state index in [2.05, 4.69) is 16.0 Å². The Bertz CT molecular complexity index is 671. The van der Waals surface area contributed by atoms with E-state index in [-0.39, 0.29) is 36.4 Å². The summed E-state index contributed by atoms with van der Waals surface area (Å²) in [5.41, 5.74) is 0.530. The molecule has 2 rings (SSSR count). The van der Waals surface area contributed by atoms with Crippen LogP contribution in [0.3, 0.4) is 0 Å². The van der Waals surface area contributed by atoms with Gasteiger partial charge in [-0.1, -0.05) is 6.07 Å². The number of piperidine rings is 1. The first-order valence-corrected chi connectivity index (χ1v) is 6.97. The molecule has 8 nitrogen and oxygen atoms in total. The molecule has 3 N–H and O–H groups in total. The number of hydrogen-bond acceptors (Lipinski definition) is 6. The van der Waals surface area contributed by atoms with Gasteiger partial charge in [0.15, 0.2) is 6.29 Å². The molecule has 1 aliphatic rings. The van der Waals surface area contributed by atoms with Gasteiger partial charge >= 0.3 is 0 Å². The molecule has 1 unspecified atom stereocenters. The van der Waals surface area contributed by atoms with Gasteiger partial charge in [0, 0.05) is 12.1 Å². The van der Waals surface area contributed by atoms with E-state index in [0.717, 1.165) is 0 Å². The van der Waals surface area contributed by atoms with E-state index in [1.807, 2.05) is 0 Å². The molecule has 1 fully saturated rings. The molecule has 1 aromatic rings. The molecule has 3 amide bonds. The Kier molecular flexibility index (Phi) is 5.19. The predicted molar refractivity (Wildman–Crippen MR) is 80.0 cm³/mol. The lowest BCUT2D eigenvalue weighted by Crippen LogP contribution is -2.52. The number of aldehydes is 2. The van der Waals surface area contributed by atoms with E-state index in [4.69, 9.17) is 0 Å². The zero-order chi connectivity index (χ0) is 16.8. The molecular weight excluding hydrogens is 302 g/mol. The van der Waals surface area contributed by atoms with Crippen molar-refractivity contribution in [3.05, 3.63) is 29.3 Å². The second-order valence-electron chi connectivity index (χ2n) is 4.91. The lowest BCUT2D eigenvalue weighted by Gasteiger charge is -2.22. The number of carbonyl (C=O) groups is 5. The summed E-state index contributed by atoms with van der Waals surface area (Å²) in [7, 11) is 0. The number of nitrogens with one attached hydrogen (secondary N) is 3. The molecule has 1 atom stereocenters. The second kappa shape index (κ2) is 7.30. The highest BCUT2D eigenvalue weighted by atomic mass is 16.2. The summed E-state index contributed by atoms with van der Waals surface area (Å²) < 4.78 is 0. The zero-order valence-corrected chi connectivity index (χ0v) is 12.1. The fraction of sp³-hybridized carbons (Fsp3) is 0.267. The third-order valence-electron chi connectivity index (χ3n) is 3.39. The summed E-state index contributed by atoms with van der Waals surface area (Å²) in [4.78, 5) is 56.8. The summed E-state index contributed by atoms with van der Waals surface area (Å²) in [5, 5.41) is 7.37. The minimum atomic E-state index is -0.828. The number of carbonyl (C=O) groups excluding carboxylic acids is 5. The van der Waals surface area contributed by atoms with E-state index >= 15 is 0 Å². The quantitative estimate of drug-likeness (QED) is 0.487. The number of rotatable bonds is 6. The molecule has 1 aliphatic heterocycles. The molecule has 8 heteroatoms. The smallest absolute Gasteiger partial charge is 0.252 e. The van der Waals surface area contributed by atoms with Gasteiger partial charge in [0.05, 0.1) is 17.7 Å². The number of hydrogen-bond donors (Lipinski definition) is 3. The summed E-state index contributed by atoms with van der Waals surface area (Å²) in [5.74, 6) is -1.55.